The minimum Gasteiger partial charge on any atom is -0.311 e. The van der Waals surface area contributed by atoms with Gasteiger partial charge in [-0.15, -0.1) is 0 Å². The topological polar surface area (TPSA) is 9.72 Å². The molecule has 63 heavy (non-hydrogen) atoms. The predicted octanol–water partition coefficient (Wildman–Crippen LogP) is 17.4. The third-order valence-corrected chi connectivity index (χ3v) is 12.6. The van der Waals surface area contributed by atoms with Crippen LogP contribution in [0.5, 0.6) is 0 Å². The number of rotatable bonds is 9. The summed E-state index contributed by atoms with van der Waals surface area (Å²) < 4.78 is 0. The maximum atomic E-state index is 2.43. The highest BCUT2D eigenvalue weighted by Crippen LogP contribution is 2.47. The summed E-state index contributed by atoms with van der Waals surface area (Å²) in [5.74, 6) is 0. The first kappa shape index (κ1) is 38.1. The number of benzene rings is 11. The van der Waals surface area contributed by atoms with E-state index in [1.807, 2.05) is 0 Å². The van der Waals surface area contributed by atoms with Gasteiger partial charge in [0.05, 0.1) is 5.69 Å². The number of aryl methyl sites for hydroxylation is 4. The lowest BCUT2D eigenvalue weighted by molar-refractivity contribution is 1.24. The molecule has 3 heteroatoms. The number of hydrogen-bond acceptors (Lipinski definition) is 3. The Bertz CT molecular complexity index is 3110. The predicted molar refractivity (Wildman–Crippen MR) is 271 cm³/mol. The van der Waals surface area contributed by atoms with Gasteiger partial charge in [0, 0.05) is 50.9 Å². The van der Waals surface area contributed by atoms with Gasteiger partial charge in [-0.3, -0.25) is 0 Å². The van der Waals surface area contributed by atoms with Crippen LogP contribution in [-0.2, 0) is 0 Å². The standard InChI is InChI=1S/C60H47N3/c1-40-14-22-45(23-15-40)61(46-24-16-41(2)17-25-46)49-30-34-51(35-31-49)63(52-36-32-50(33-37-52)62(47-26-18-42(3)19-27-47)48-28-20-43(4)21-29-48)58-39-38-56-54-11-6-9-44-8-5-10-53(59(44)54)55-12-7-13-57(58)60(55)56/h5-39H,1-4H3. The molecule has 0 saturated heterocycles. The van der Waals surface area contributed by atoms with Gasteiger partial charge in [0.15, 0.2) is 0 Å². The normalized spacial score (nSPS) is 11.5. The molecule has 0 heterocycles. The molecule has 0 radical (unpaired) electrons. The van der Waals surface area contributed by atoms with Gasteiger partial charge in [0.25, 0.3) is 0 Å². The van der Waals surface area contributed by atoms with E-state index in [1.165, 1.54) is 65.3 Å². The first-order chi connectivity index (χ1) is 30.9. The maximum Gasteiger partial charge on any atom is 0.0540 e. The fourth-order valence-corrected chi connectivity index (χ4v) is 9.42. The van der Waals surface area contributed by atoms with Crippen LogP contribution in [0.1, 0.15) is 22.3 Å². The van der Waals surface area contributed by atoms with Gasteiger partial charge >= 0.3 is 0 Å². The monoisotopic (exact) mass is 809 g/mol. The molecule has 0 aromatic heterocycles. The van der Waals surface area contributed by atoms with E-state index < -0.39 is 0 Å². The maximum absolute atomic E-state index is 2.43. The highest BCUT2D eigenvalue weighted by atomic mass is 15.2. The lowest BCUT2D eigenvalue weighted by Crippen LogP contribution is -2.13. The van der Waals surface area contributed by atoms with E-state index in [9.17, 15) is 0 Å². The zero-order valence-electron chi connectivity index (χ0n) is 36.0. The first-order valence-corrected chi connectivity index (χ1v) is 21.8. The Hall–Kier alpha value is -7.88. The molecular formula is C60H47N3. The molecular weight excluding hydrogens is 763 g/mol. The first-order valence-electron chi connectivity index (χ1n) is 21.8. The van der Waals surface area contributed by atoms with Crippen LogP contribution < -0.4 is 14.7 Å². The Morgan fingerprint density at radius 2 is 0.492 bits per heavy atom. The summed E-state index contributed by atoms with van der Waals surface area (Å²) in [5.41, 5.74) is 14.9. The Morgan fingerprint density at radius 1 is 0.222 bits per heavy atom. The molecule has 0 aliphatic heterocycles. The number of hydrogen-bond donors (Lipinski definition) is 0. The van der Waals surface area contributed by atoms with Crippen molar-refractivity contribution in [3.05, 3.63) is 235 Å². The van der Waals surface area contributed by atoms with Gasteiger partial charge in [-0.2, -0.15) is 0 Å². The van der Waals surface area contributed by atoms with Gasteiger partial charge in [-0.25, -0.2) is 0 Å². The van der Waals surface area contributed by atoms with Crippen molar-refractivity contribution in [2.45, 2.75) is 27.7 Å². The van der Waals surface area contributed by atoms with Crippen LogP contribution in [0.2, 0.25) is 0 Å². The third-order valence-electron chi connectivity index (χ3n) is 12.6. The molecule has 11 aromatic rings. The van der Waals surface area contributed by atoms with Crippen molar-refractivity contribution >= 4 is 94.3 Å². The minimum atomic E-state index is 1.08. The Labute approximate surface area is 369 Å². The number of nitrogens with zero attached hydrogens (tertiary/aromatic N) is 3. The molecule has 0 unspecified atom stereocenters. The Morgan fingerprint density at radius 3 is 0.857 bits per heavy atom. The molecule has 3 nitrogen and oxygen atoms in total. The highest BCUT2D eigenvalue weighted by Gasteiger charge is 2.22. The van der Waals surface area contributed by atoms with Crippen LogP contribution in [0, 0.1) is 27.7 Å². The van der Waals surface area contributed by atoms with E-state index in [1.54, 1.807) is 0 Å². The summed E-state index contributed by atoms with van der Waals surface area (Å²) in [4.78, 5) is 7.11. The largest absolute Gasteiger partial charge is 0.311 e. The Kier molecular flexibility index (Phi) is 9.39. The molecule has 11 rings (SSSR count). The smallest absolute Gasteiger partial charge is 0.0540 e. The molecule has 0 atom stereocenters. The SMILES string of the molecule is Cc1ccc(N(c2ccc(C)cc2)c2ccc(N(c3ccc(N(c4ccc(C)cc4)c4ccc(C)cc4)cc3)c3ccc4c5cccc6cccc(c7cccc3c74)c65)cc2)cc1. The molecule has 11 aromatic carbocycles. The van der Waals surface area contributed by atoms with Crippen molar-refractivity contribution < 1.29 is 0 Å². The van der Waals surface area contributed by atoms with Crippen molar-refractivity contribution in [2.24, 2.45) is 0 Å². The molecule has 0 spiro atoms. The van der Waals surface area contributed by atoms with E-state index in [0.717, 1.165) is 51.2 Å². The molecule has 0 bridgehead atoms. The van der Waals surface area contributed by atoms with Crippen LogP contribution in [0.4, 0.5) is 51.2 Å². The van der Waals surface area contributed by atoms with Gasteiger partial charge < -0.3 is 14.7 Å². The van der Waals surface area contributed by atoms with Crippen molar-refractivity contribution in [3.63, 3.8) is 0 Å². The van der Waals surface area contributed by atoms with E-state index in [-0.39, 0.29) is 0 Å². The second-order valence-electron chi connectivity index (χ2n) is 17.0. The van der Waals surface area contributed by atoms with E-state index in [0.29, 0.717) is 0 Å². The molecule has 0 aliphatic carbocycles. The fraction of sp³-hybridized carbons (Fsp3) is 0.0667. The zero-order valence-corrected chi connectivity index (χ0v) is 36.0. The van der Waals surface area contributed by atoms with Crippen molar-refractivity contribution in [2.75, 3.05) is 14.7 Å². The summed E-state index contributed by atoms with van der Waals surface area (Å²) in [6.07, 6.45) is 0. The average Bonchev–Trinajstić information content (AvgIpc) is 3.32. The fourth-order valence-electron chi connectivity index (χ4n) is 9.42. The summed E-state index contributed by atoms with van der Waals surface area (Å²) in [6, 6.07) is 78.2. The van der Waals surface area contributed by atoms with Crippen molar-refractivity contribution in [1.82, 2.24) is 0 Å². The van der Waals surface area contributed by atoms with Crippen LogP contribution in [0.25, 0.3) is 43.1 Å². The summed E-state index contributed by atoms with van der Waals surface area (Å²) in [7, 11) is 0. The van der Waals surface area contributed by atoms with Gasteiger partial charge in [-0.05, 0) is 169 Å². The van der Waals surface area contributed by atoms with Crippen molar-refractivity contribution in [3.8, 4) is 0 Å². The number of anilines is 9. The molecule has 0 saturated carbocycles. The number of fused-ring (bicyclic) bond motifs is 2. The van der Waals surface area contributed by atoms with Gasteiger partial charge in [0.1, 0.15) is 0 Å². The van der Waals surface area contributed by atoms with E-state index in [2.05, 4.69) is 255 Å². The van der Waals surface area contributed by atoms with Gasteiger partial charge in [-0.1, -0.05) is 131 Å². The second-order valence-corrected chi connectivity index (χ2v) is 17.0. The van der Waals surface area contributed by atoms with Crippen LogP contribution in [0.3, 0.4) is 0 Å². The highest BCUT2D eigenvalue weighted by molar-refractivity contribution is 6.34. The van der Waals surface area contributed by atoms with Crippen LogP contribution >= 0.6 is 0 Å². The molecule has 0 N–H and O–H groups in total. The van der Waals surface area contributed by atoms with E-state index in [4.69, 9.17) is 0 Å². The molecule has 0 aliphatic rings. The minimum absolute atomic E-state index is 1.08. The van der Waals surface area contributed by atoms with Gasteiger partial charge in [0.2, 0.25) is 0 Å². The van der Waals surface area contributed by atoms with Crippen LogP contribution in [0.15, 0.2) is 212 Å². The molecule has 0 fully saturated rings. The summed E-state index contributed by atoms with van der Waals surface area (Å²) in [6.45, 7) is 8.55. The lowest BCUT2D eigenvalue weighted by atomic mass is 9.89. The van der Waals surface area contributed by atoms with Crippen molar-refractivity contribution in [1.29, 1.82) is 0 Å². The third kappa shape index (κ3) is 6.79. The summed E-state index contributed by atoms with van der Waals surface area (Å²) in [5, 5.41) is 10.2. The van der Waals surface area contributed by atoms with Crippen LogP contribution in [-0.4, -0.2) is 0 Å². The average molecular weight is 810 g/mol. The molecule has 302 valence electrons. The quantitative estimate of drug-likeness (QED) is 0.106. The molecule has 0 amide bonds. The Balaban J connectivity index is 1.09. The van der Waals surface area contributed by atoms with E-state index >= 15 is 0 Å². The summed E-state index contributed by atoms with van der Waals surface area (Å²) >= 11 is 0. The zero-order chi connectivity index (χ0) is 42.6. The lowest BCUT2D eigenvalue weighted by Gasteiger charge is -2.30. The second kappa shape index (κ2) is 15.5.